The van der Waals surface area contributed by atoms with Crippen molar-refractivity contribution in [1.82, 2.24) is 41.9 Å². The van der Waals surface area contributed by atoms with Crippen molar-refractivity contribution in [2.24, 2.45) is 29.4 Å². The molecule has 0 unspecified atom stereocenters. The minimum absolute atomic E-state index is 0.0670. The van der Waals surface area contributed by atoms with Crippen molar-refractivity contribution in [2.75, 3.05) is 6.54 Å². The van der Waals surface area contributed by atoms with Crippen molar-refractivity contribution in [3.05, 3.63) is 54.1 Å². The van der Waals surface area contributed by atoms with E-state index < -0.39 is 83.6 Å². The molecular weight excluding hydrogens is 795 g/mol. The zero-order valence-corrected chi connectivity index (χ0v) is 38.7. The van der Waals surface area contributed by atoms with Gasteiger partial charge in [0.05, 0.1) is 30.9 Å². The van der Waals surface area contributed by atoms with E-state index in [4.69, 9.17) is 10.5 Å². The Morgan fingerprint density at radius 3 is 1.90 bits per heavy atom. The minimum atomic E-state index is -1.19. The van der Waals surface area contributed by atoms with Crippen molar-refractivity contribution in [3.63, 3.8) is 0 Å². The van der Waals surface area contributed by atoms with Crippen molar-refractivity contribution in [3.8, 4) is 0 Å². The summed E-state index contributed by atoms with van der Waals surface area (Å²) in [6.45, 7) is 20.7. The largest absolute Gasteiger partial charge is 0.444 e. The number of primary amides is 1. The lowest BCUT2D eigenvalue weighted by Crippen LogP contribution is -2.60. The number of nitrogens with two attached hydrogens (primary N) is 1. The van der Waals surface area contributed by atoms with E-state index in [1.165, 1.54) is 6.33 Å². The number of benzene rings is 1. The summed E-state index contributed by atoms with van der Waals surface area (Å²) in [5.41, 5.74) is 5.91. The molecule has 0 saturated heterocycles. The van der Waals surface area contributed by atoms with Gasteiger partial charge in [-0.3, -0.25) is 24.0 Å². The van der Waals surface area contributed by atoms with Crippen LogP contribution in [0.25, 0.3) is 0 Å². The number of aliphatic hydroxyl groups excluding tert-OH is 1. The highest BCUT2D eigenvalue weighted by molar-refractivity contribution is 5.92. The number of nitrogens with zero attached hydrogens (tertiary/aromatic N) is 1. The number of alkyl carbamates (subject to hydrolysis) is 1. The van der Waals surface area contributed by atoms with Gasteiger partial charge in [0.15, 0.2) is 0 Å². The van der Waals surface area contributed by atoms with Crippen LogP contribution in [-0.2, 0) is 41.6 Å². The SMILES string of the molecule is CC[C@H](C)[C@H](NC(=O)[C@@H](NC[C@H](CC(C)C)NC(=O)[C@H](Cc1cnc[nH]1)NC(=O)[C@H](Cc1ccccc1)NC(=O)OC(C)(C)C)C(C)C)C(=O)N[C@@H](CC(C)C)[C@@H](O)CC(N)=O. The molecule has 0 aliphatic rings. The molecule has 10 N–H and O–H groups in total. The molecule has 62 heavy (non-hydrogen) atoms. The number of imidazole rings is 1. The number of ether oxygens (including phenoxy) is 1. The number of H-pyrrole nitrogens is 1. The first-order chi connectivity index (χ1) is 29.0. The molecule has 2 aromatic rings. The lowest BCUT2D eigenvalue weighted by molar-refractivity contribution is -0.133. The summed E-state index contributed by atoms with van der Waals surface area (Å²) in [6, 6.07) is 4.05. The predicted molar refractivity (Wildman–Crippen MR) is 238 cm³/mol. The summed E-state index contributed by atoms with van der Waals surface area (Å²) in [4.78, 5) is 87.6. The van der Waals surface area contributed by atoms with Crippen LogP contribution in [0.15, 0.2) is 42.9 Å². The van der Waals surface area contributed by atoms with E-state index in [0.29, 0.717) is 25.0 Å². The van der Waals surface area contributed by atoms with Crippen LogP contribution >= 0.6 is 0 Å². The van der Waals surface area contributed by atoms with Gasteiger partial charge in [-0.15, -0.1) is 0 Å². The molecule has 1 heterocycles. The number of aromatic nitrogens is 2. The average molecular weight is 870 g/mol. The summed E-state index contributed by atoms with van der Waals surface area (Å²) in [5.74, 6) is -2.95. The Morgan fingerprint density at radius 2 is 1.37 bits per heavy atom. The van der Waals surface area contributed by atoms with E-state index in [2.05, 4.69) is 41.9 Å². The fourth-order valence-corrected chi connectivity index (χ4v) is 6.96. The molecular formula is C45H75N9O8. The van der Waals surface area contributed by atoms with Gasteiger partial charge in [-0.1, -0.05) is 92.1 Å². The van der Waals surface area contributed by atoms with Gasteiger partial charge in [0.25, 0.3) is 0 Å². The van der Waals surface area contributed by atoms with Crippen LogP contribution in [0.2, 0.25) is 0 Å². The Labute approximate surface area is 368 Å². The number of carbonyl (C=O) groups is 6. The maximum atomic E-state index is 14.2. The van der Waals surface area contributed by atoms with Gasteiger partial charge in [-0.2, -0.15) is 0 Å². The van der Waals surface area contributed by atoms with Crippen LogP contribution < -0.4 is 37.6 Å². The molecule has 0 spiro atoms. The highest BCUT2D eigenvalue weighted by atomic mass is 16.6. The van der Waals surface area contributed by atoms with Gasteiger partial charge < -0.3 is 52.5 Å². The topological polar surface area (TPSA) is 259 Å². The predicted octanol–water partition coefficient (Wildman–Crippen LogP) is 3.02. The van der Waals surface area contributed by atoms with E-state index >= 15 is 0 Å². The van der Waals surface area contributed by atoms with Crippen LogP contribution in [0, 0.1) is 23.7 Å². The second-order valence-electron chi connectivity index (χ2n) is 18.5. The van der Waals surface area contributed by atoms with Crippen molar-refractivity contribution in [1.29, 1.82) is 0 Å². The van der Waals surface area contributed by atoms with Gasteiger partial charge in [0, 0.05) is 37.3 Å². The number of aliphatic hydroxyl groups is 1. The zero-order valence-electron chi connectivity index (χ0n) is 38.7. The standard InChI is InChI=1S/C45H75N9O8/c1-12-29(8)39(43(60)51-33(19-27(4)5)36(55)22-37(46)56)54-42(59)38(28(6)7)48-24-32(18-26(2)3)50-40(57)35(21-31-23-47-25-49-31)52-41(58)34(20-30-16-14-13-15-17-30)53-44(61)62-45(9,10)11/h13-17,23,25-29,32-36,38-39,48,55H,12,18-22,24H2,1-11H3,(H2,46,56)(H,47,49)(H,50,57)(H,51,60)(H,52,58)(H,53,61)(H,54,59)/t29-,32-,33-,34-,35-,36-,38-,39-/m0/s1. The molecule has 17 heteroatoms. The summed E-state index contributed by atoms with van der Waals surface area (Å²) >= 11 is 0. The minimum Gasteiger partial charge on any atom is -0.444 e. The molecule has 0 aliphatic carbocycles. The summed E-state index contributed by atoms with van der Waals surface area (Å²) < 4.78 is 5.46. The first kappa shape index (κ1) is 53.1. The Bertz CT molecular complexity index is 1700. The van der Waals surface area contributed by atoms with Crippen molar-refractivity contribution < 1.29 is 38.6 Å². The fourth-order valence-electron chi connectivity index (χ4n) is 6.96. The van der Waals surface area contributed by atoms with Crippen molar-refractivity contribution >= 4 is 35.6 Å². The number of hydrogen-bond acceptors (Lipinski definition) is 10. The maximum absolute atomic E-state index is 14.2. The third-order valence-electron chi connectivity index (χ3n) is 10.3. The second-order valence-corrected chi connectivity index (χ2v) is 18.5. The van der Waals surface area contributed by atoms with Crippen LogP contribution in [0.5, 0.6) is 0 Å². The molecule has 2 rings (SSSR count). The summed E-state index contributed by atoms with van der Waals surface area (Å²) in [6.07, 6.45) is 2.44. The Balaban J connectivity index is 2.32. The molecule has 0 radical (unpaired) electrons. The number of hydrogen-bond donors (Lipinski definition) is 9. The highest BCUT2D eigenvalue weighted by Crippen LogP contribution is 2.16. The van der Waals surface area contributed by atoms with E-state index in [0.717, 1.165) is 5.56 Å². The number of rotatable bonds is 26. The normalized spacial score (nSPS) is 15.7. The van der Waals surface area contributed by atoms with Gasteiger partial charge in [0.2, 0.25) is 29.5 Å². The smallest absolute Gasteiger partial charge is 0.408 e. The lowest BCUT2D eigenvalue weighted by atomic mass is 9.93. The monoisotopic (exact) mass is 870 g/mol. The third-order valence-corrected chi connectivity index (χ3v) is 10.3. The van der Waals surface area contributed by atoms with E-state index in [9.17, 15) is 33.9 Å². The average Bonchev–Trinajstić information content (AvgIpc) is 3.67. The molecule has 0 fully saturated rings. The van der Waals surface area contributed by atoms with E-state index in [1.54, 1.807) is 27.0 Å². The molecule has 0 saturated carbocycles. The van der Waals surface area contributed by atoms with Crippen molar-refractivity contribution in [2.45, 2.75) is 163 Å². The molecule has 1 aromatic carbocycles. The first-order valence-electron chi connectivity index (χ1n) is 21.9. The van der Waals surface area contributed by atoms with Crippen LogP contribution in [0.4, 0.5) is 4.79 Å². The van der Waals surface area contributed by atoms with Gasteiger partial charge in [-0.25, -0.2) is 9.78 Å². The van der Waals surface area contributed by atoms with E-state index in [-0.39, 0.29) is 49.5 Å². The summed E-state index contributed by atoms with van der Waals surface area (Å²) in [5, 5.41) is 28.5. The van der Waals surface area contributed by atoms with Crippen LogP contribution in [0.1, 0.15) is 113 Å². The Morgan fingerprint density at radius 1 is 0.774 bits per heavy atom. The van der Waals surface area contributed by atoms with Gasteiger partial charge in [-0.05, 0) is 62.8 Å². The number of amides is 6. The molecule has 348 valence electrons. The Kier molecular flexibility index (Phi) is 22.1. The van der Waals surface area contributed by atoms with Gasteiger partial charge in [0.1, 0.15) is 23.7 Å². The maximum Gasteiger partial charge on any atom is 0.408 e. The molecule has 8 atom stereocenters. The highest BCUT2D eigenvalue weighted by Gasteiger charge is 2.35. The lowest BCUT2D eigenvalue weighted by Gasteiger charge is -2.32. The van der Waals surface area contributed by atoms with E-state index in [1.807, 2.05) is 85.7 Å². The fraction of sp³-hybridized carbons (Fsp3) is 0.667. The third kappa shape index (κ3) is 19.8. The number of nitrogens with one attached hydrogen (secondary N) is 7. The Hall–Kier alpha value is -5.03. The van der Waals surface area contributed by atoms with Gasteiger partial charge >= 0.3 is 6.09 Å². The first-order valence-corrected chi connectivity index (χ1v) is 21.9. The summed E-state index contributed by atoms with van der Waals surface area (Å²) in [7, 11) is 0. The van der Waals surface area contributed by atoms with Crippen LogP contribution in [0.3, 0.4) is 0 Å². The zero-order chi connectivity index (χ0) is 46.7. The molecule has 0 bridgehead atoms. The molecule has 17 nitrogen and oxygen atoms in total. The molecule has 6 amide bonds. The second kappa shape index (κ2) is 25.8. The van der Waals surface area contributed by atoms with Crippen LogP contribution in [-0.4, -0.2) is 105 Å². The molecule has 0 aliphatic heterocycles. The quantitative estimate of drug-likeness (QED) is 0.0668. The molecule has 1 aromatic heterocycles. The number of aromatic amines is 1. The number of carbonyl (C=O) groups excluding carboxylic acids is 6.